The number of benzene rings is 1. The summed E-state index contributed by atoms with van der Waals surface area (Å²) < 4.78 is 5.06. The van der Waals surface area contributed by atoms with Crippen molar-refractivity contribution >= 4 is 23.3 Å². The molecule has 0 saturated carbocycles. The van der Waals surface area contributed by atoms with Gasteiger partial charge in [0.25, 0.3) is 0 Å². The fourth-order valence-corrected chi connectivity index (χ4v) is 2.61. The highest BCUT2D eigenvalue weighted by atomic mass is 16.5. The summed E-state index contributed by atoms with van der Waals surface area (Å²) in [5.74, 6) is 2.52. The van der Waals surface area contributed by atoms with E-state index in [0.29, 0.717) is 11.8 Å². The fraction of sp³-hybridized carbons (Fsp3) is 0.316. The van der Waals surface area contributed by atoms with Crippen LogP contribution in [0.15, 0.2) is 40.9 Å². The van der Waals surface area contributed by atoms with Crippen molar-refractivity contribution in [3.63, 3.8) is 0 Å². The summed E-state index contributed by atoms with van der Waals surface area (Å²) in [7, 11) is 0. The molecule has 0 unspecified atom stereocenters. The van der Waals surface area contributed by atoms with Gasteiger partial charge >= 0.3 is 0 Å². The van der Waals surface area contributed by atoms with Gasteiger partial charge < -0.3 is 15.2 Å². The first-order chi connectivity index (χ1) is 11.8. The normalized spacial score (nSPS) is 11.4. The van der Waals surface area contributed by atoms with E-state index in [-0.39, 0.29) is 5.41 Å². The largest absolute Gasteiger partial charge is 0.360 e. The Hall–Kier alpha value is -2.89. The lowest BCUT2D eigenvalue weighted by Crippen LogP contribution is -2.14. The van der Waals surface area contributed by atoms with Gasteiger partial charge in [0.1, 0.15) is 11.6 Å². The first-order valence-corrected chi connectivity index (χ1v) is 8.24. The molecule has 2 aromatic heterocycles. The number of nitrogens with one attached hydrogen (secondary N) is 2. The van der Waals surface area contributed by atoms with Crippen LogP contribution in [0.25, 0.3) is 0 Å². The van der Waals surface area contributed by atoms with E-state index in [1.165, 1.54) is 5.56 Å². The van der Waals surface area contributed by atoms with Crippen LogP contribution in [0.3, 0.4) is 0 Å². The van der Waals surface area contributed by atoms with E-state index in [2.05, 4.69) is 64.7 Å². The molecular weight excluding hydrogens is 314 g/mol. The minimum absolute atomic E-state index is 0.0327. The van der Waals surface area contributed by atoms with E-state index in [9.17, 15) is 0 Å². The van der Waals surface area contributed by atoms with Crippen LogP contribution >= 0.6 is 0 Å². The van der Waals surface area contributed by atoms with E-state index in [1.54, 1.807) is 6.07 Å². The lowest BCUT2D eigenvalue weighted by Gasteiger charge is -2.23. The zero-order valence-corrected chi connectivity index (χ0v) is 15.2. The van der Waals surface area contributed by atoms with Crippen molar-refractivity contribution in [2.75, 3.05) is 10.6 Å². The molecule has 0 amide bonds. The molecule has 0 radical (unpaired) electrons. The zero-order valence-electron chi connectivity index (χ0n) is 15.2. The van der Waals surface area contributed by atoms with Crippen LogP contribution in [0.4, 0.5) is 23.3 Å². The summed E-state index contributed by atoms with van der Waals surface area (Å²) in [6, 6.07) is 12.0. The molecular formula is C19H23N5O. The van der Waals surface area contributed by atoms with Crippen LogP contribution in [0.5, 0.6) is 0 Å². The summed E-state index contributed by atoms with van der Waals surface area (Å²) in [4.78, 5) is 8.95. The minimum Gasteiger partial charge on any atom is -0.360 e. The Labute approximate surface area is 147 Å². The Morgan fingerprint density at radius 3 is 2.36 bits per heavy atom. The smallest absolute Gasteiger partial charge is 0.230 e. The topological polar surface area (TPSA) is 75.9 Å². The maximum absolute atomic E-state index is 5.06. The van der Waals surface area contributed by atoms with E-state index in [0.717, 1.165) is 23.0 Å². The van der Waals surface area contributed by atoms with Crippen LogP contribution in [-0.2, 0) is 5.41 Å². The van der Waals surface area contributed by atoms with Gasteiger partial charge in [-0.05, 0) is 30.9 Å². The van der Waals surface area contributed by atoms with Crippen LogP contribution in [0.1, 0.15) is 37.8 Å². The molecule has 0 aliphatic heterocycles. The molecule has 2 N–H and O–H groups in total. The highest BCUT2D eigenvalue weighted by Gasteiger charge is 2.18. The number of nitrogens with zero attached hydrogens (tertiary/aromatic N) is 3. The zero-order chi connectivity index (χ0) is 18.0. The molecule has 130 valence electrons. The van der Waals surface area contributed by atoms with Crippen LogP contribution < -0.4 is 10.6 Å². The van der Waals surface area contributed by atoms with Gasteiger partial charge in [-0.1, -0.05) is 44.1 Å². The second-order valence-electron chi connectivity index (χ2n) is 7.09. The van der Waals surface area contributed by atoms with E-state index in [1.807, 2.05) is 26.0 Å². The predicted molar refractivity (Wildman–Crippen MR) is 99.7 cm³/mol. The standard InChI is InChI=1S/C19H23N5O/c1-12-10-16(21-15-9-7-6-8-14(15)19(3,4)5)22-18(20-12)23-17-11-13(2)25-24-17/h6-11H,1-5H3,(H2,20,21,22,23,24). The molecule has 0 atom stereocenters. The van der Waals surface area contributed by atoms with Crippen molar-refractivity contribution in [3.8, 4) is 0 Å². The molecule has 0 fully saturated rings. The van der Waals surface area contributed by atoms with Crippen molar-refractivity contribution in [3.05, 3.63) is 53.4 Å². The van der Waals surface area contributed by atoms with Gasteiger partial charge in [0.2, 0.25) is 5.95 Å². The highest BCUT2D eigenvalue weighted by Crippen LogP contribution is 2.31. The quantitative estimate of drug-likeness (QED) is 0.707. The lowest BCUT2D eigenvalue weighted by atomic mass is 9.86. The molecule has 0 aliphatic carbocycles. The molecule has 2 heterocycles. The molecule has 1 aromatic carbocycles. The maximum atomic E-state index is 5.06. The van der Waals surface area contributed by atoms with E-state index >= 15 is 0 Å². The summed E-state index contributed by atoms with van der Waals surface area (Å²) >= 11 is 0. The average molecular weight is 337 g/mol. The minimum atomic E-state index is 0.0327. The van der Waals surface area contributed by atoms with Gasteiger partial charge in [0.05, 0.1) is 0 Å². The molecule has 0 saturated heterocycles. The van der Waals surface area contributed by atoms with Gasteiger partial charge in [-0.25, -0.2) is 4.98 Å². The van der Waals surface area contributed by atoms with Crippen molar-refractivity contribution in [1.29, 1.82) is 0 Å². The Morgan fingerprint density at radius 2 is 1.68 bits per heavy atom. The van der Waals surface area contributed by atoms with Crippen molar-refractivity contribution < 1.29 is 4.52 Å². The third kappa shape index (κ3) is 4.15. The Bertz CT molecular complexity index is 880. The number of anilines is 4. The van der Waals surface area contributed by atoms with Crippen molar-refractivity contribution in [2.24, 2.45) is 0 Å². The Kier molecular flexibility index (Phi) is 4.44. The molecule has 0 bridgehead atoms. The van der Waals surface area contributed by atoms with Gasteiger partial charge in [-0.3, -0.25) is 0 Å². The molecule has 3 aromatic rings. The van der Waals surface area contributed by atoms with Gasteiger partial charge in [-0.2, -0.15) is 4.98 Å². The van der Waals surface area contributed by atoms with Crippen molar-refractivity contribution in [2.45, 2.75) is 40.0 Å². The molecule has 25 heavy (non-hydrogen) atoms. The Morgan fingerprint density at radius 1 is 0.920 bits per heavy atom. The predicted octanol–water partition coefficient (Wildman–Crippen LogP) is 4.87. The number of hydrogen-bond acceptors (Lipinski definition) is 6. The molecule has 6 nitrogen and oxygen atoms in total. The SMILES string of the molecule is Cc1cc(Nc2ccccc2C(C)(C)C)nc(Nc2cc(C)on2)n1. The summed E-state index contributed by atoms with van der Waals surface area (Å²) in [5, 5.41) is 10.4. The highest BCUT2D eigenvalue weighted by molar-refractivity contribution is 5.63. The van der Waals surface area contributed by atoms with Crippen molar-refractivity contribution in [1.82, 2.24) is 15.1 Å². The average Bonchev–Trinajstić information content (AvgIpc) is 2.91. The second kappa shape index (κ2) is 6.55. The van der Waals surface area contributed by atoms with Gasteiger partial charge in [-0.15, -0.1) is 0 Å². The van der Waals surface area contributed by atoms with Gasteiger partial charge in [0, 0.05) is 23.5 Å². The maximum Gasteiger partial charge on any atom is 0.230 e. The van der Waals surface area contributed by atoms with Crippen LogP contribution in [-0.4, -0.2) is 15.1 Å². The second-order valence-corrected chi connectivity index (χ2v) is 7.09. The first kappa shape index (κ1) is 17.0. The number of aryl methyl sites for hydroxylation is 2. The number of hydrogen-bond donors (Lipinski definition) is 2. The fourth-order valence-electron chi connectivity index (χ4n) is 2.61. The number of para-hydroxylation sites is 1. The molecule has 6 heteroatoms. The number of rotatable bonds is 4. The van der Waals surface area contributed by atoms with E-state index < -0.39 is 0 Å². The Balaban J connectivity index is 1.89. The van der Waals surface area contributed by atoms with Gasteiger partial charge in [0.15, 0.2) is 5.82 Å². The third-order valence-electron chi connectivity index (χ3n) is 3.72. The summed E-state index contributed by atoms with van der Waals surface area (Å²) in [6.45, 7) is 10.4. The molecule has 0 spiro atoms. The third-order valence-corrected chi connectivity index (χ3v) is 3.72. The molecule has 0 aliphatic rings. The summed E-state index contributed by atoms with van der Waals surface area (Å²) in [6.07, 6.45) is 0. The lowest BCUT2D eigenvalue weighted by molar-refractivity contribution is 0.400. The first-order valence-electron chi connectivity index (χ1n) is 8.24. The number of aromatic nitrogens is 3. The molecule has 3 rings (SSSR count). The van der Waals surface area contributed by atoms with Crippen LogP contribution in [0, 0.1) is 13.8 Å². The van der Waals surface area contributed by atoms with E-state index in [4.69, 9.17) is 4.52 Å². The summed E-state index contributed by atoms with van der Waals surface area (Å²) in [5.41, 5.74) is 3.16. The monoisotopic (exact) mass is 337 g/mol. The van der Waals surface area contributed by atoms with Crippen LogP contribution in [0.2, 0.25) is 0 Å².